The molecule has 2 aromatic heterocycles. The number of nitrogens with zero attached hydrogens (tertiary/aromatic N) is 4. The molecule has 1 saturated heterocycles. The van der Waals surface area contributed by atoms with Crippen molar-refractivity contribution >= 4 is 17.3 Å². The number of ether oxygens (including phenoxy) is 1. The molecule has 3 aromatic rings. The number of benzene rings is 1. The first-order valence-corrected chi connectivity index (χ1v) is 10.8. The van der Waals surface area contributed by atoms with Crippen molar-refractivity contribution in [2.45, 2.75) is 39.2 Å². The van der Waals surface area contributed by atoms with Crippen LogP contribution in [0.5, 0.6) is 0 Å². The van der Waals surface area contributed by atoms with Gasteiger partial charge in [-0.25, -0.2) is 0 Å². The molecule has 1 aliphatic heterocycles. The van der Waals surface area contributed by atoms with Crippen LogP contribution in [-0.4, -0.2) is 47.0 Å². The van der Waals surface area contributed by atoms with E-state index >= 15 is 0 Å². The van der Waals surface area contributed by atoms with Crippen molar-refractivity contribution in [3.63, 3.8) is 0 Å². The molecule has 8 heteroatoms. The molecule has 31 heavy (non-hydrogen) atoms. The van der Waals surface area contributed by atoms with Gasteiger partial charge in [0.2, 0.25) is 17.7 Å². The Kier molecular flexibility index (Phi) is 5.23. The van der Waals surface area contributed by atoms with Gasteiger partial charge in [0.25, 0.3) is 0 Å². The van der Waals surface area contributed by atoms with E-state index in [1.54, 1.807) is 0 Å². The van der Waals surface area contributed by atoms with Crippen molar-refractivity contribution < 1.29 is 13.9 Å². The molecular formula is C23H27N5O3. The molecule has 1 aromatic carbocycles. The molecule has 0 unspecified atom stereocenters. The number of hydrogen-bond acceptors (Lipinski definition) is 6. The van der Waals surface area contributed by atoms with Crippen LogP contribution in [0, 0.1) is 13.8 Å². The van der Waals surface area contributed by atoms with E-state index in [0.717, 1.165) is 73.4 Å². The lowest BCUT2D eigenvalue weighted by molar-refractivity contribution is -0.116. The number of rotatable bonds is 6. The topological polar surface area (TPSA) is 85.4 Å². The van der Waals surface area contributed by atoms with Gasteiger partial charge in [-0.3, -0.25) is 4.79 Å². The van der Waals surface area contributed by atoms with Crippen LogP contribution in [0.2, 0.25) is 0 Å². The first-order chi connectivity index (χ1) is 15.1. The number of anilines is 2. The lowest BCUT2D eigenvalue weighted by Crippen LogP contribution is -2.36. The average Bonchev–Trinajstić information content (AvgIpc) is 3.46. The highest BCUT2D eigenvalue weighted by Crippen LogP contribution is 2.40. The third-order valence-corrected chi connectivity index (χ3v) is 6.00. The van der Waals surface area contributed by atoms with E-state index in [-0.39, 0.29) is 12.5 Å². The quantitative estimate of drug-likeness (QED) is 0.656. The number of morpholine rings is 1. The molecule has 1 saturated carbocycles. The van der Waals surface area contributed by atoms with Crippen LogP contribution in [0.15, 0.2) is 34.7 Å². The molecule has 0 atom stereocenters. The fraction of sp³-hybridized carbons (Fsp3) is 0.435. The first kappa shape index (κ1) is 19.8. The zero-order chi connectivity index (χ0) is 21.4. The van der Waals surface area contributed by atoms with Crippen LogP contribution >= 0.6 is 0 Å². The molecule has 0 spiro atoms. The smallest absolute Gasteiger partial charge is 0.249 e. The molecule has 1 aliphatic carbocycles. The molecule has 162 valence electrons. The Morgan fingerprint density at radius 3 is 2.58 bits per heavy atom. The lowest BCUT2D eigenvalue weighted by atomic mass is 10.2. The van der Waals surface area contributed by atoms with Gasteiger partial charge < -0.3 is 23.9 Å². The maximum Gasteiger partial charge on any atom is 0.249 e. The van der Waals surface area contributed by atoms with Crippen molar-refractivity contribution in [3.8, 4) is 11.5 Å². The highest BCUT2D eigenvalue weighted by atomic mass is 16.5. The second-order valence-electron chi connectivity index (χ2n) is 8.29. The van der Waals surface area contributed by atoms with Crippen LogP contribution in [0.4, 0.5) is 11.4 Å². The summed E-state index contributed by atoms with van der Waals surface area (Å²) in [5.74, 6) is 1.60. The van der Waals surface area contributed by atoms with Crippen molar-refractivity contribution in [2.75, 3.05) is 36.5 Å². The van der Waals surface area contributed by atoms with Gasteiger partial charge in [-0.1, -0.05) is 0 Å². The van der Waals surface area contributed by atoms with E-state index in [4.69, 9.17) is 9.15 Å². The van der Waals surface area contributed by atoms with Gasteiger partial charge in [-0.2, -0.15) is 0 Å². The molecule has 1 N–H and O–H groups in total. The van der Waals surface area contributed by atoms with Gasteiger partial charge in [-0.05, 0) is 57.0 Å². The Morgan fingerprint density at radius 1 is 1.13 bits per heavy atom. The predicted octanol–water partition coefficient (Wildman–Crippen LogP) is 3.51. The van der Waals surface area contributed by atoms with Gasteiger partial charge >= 0.3 is 0 Å². The monoisotopic (exact) mass is 421 g/mol. The Labute approximate surface area is 181 Å². The number of carbonyl (C=O) groups excluding carboxylic acids is 1. The minimum Gasteiger partial charge on any atom is -0.420 e. The van der Waals surface area contributed by atoms with Gasteiger partial charge in [-0.15, -0.1) is 10.2 Å². The fourth-order valence-electron chi connectivity index (χ4n) is 4.02. The van der Waals surface area contributed by atoms with E-state index in [1.165, 1.54) is 0 Å². The second kappa shape index (κ2) is 8.19. The number of nitrogens with one attached hydrogen (secondary N) is 1. The second-order valence-corrected chi connectivity index (χ2v) is 8.29. The molecule has 0 radical (unpaired) electrons. The summed E-state index contributed by atoms with van der Waals surface area (Å²) >= 11 is 0. The normalized spacial score (nSPS) is 16.5. The number of hydrogen-bond donors (Lipinski definition) is 1. The van der Waals surface area contributed by atoms with Crippen molar-refractivity contribution in [1.82, 2.24) is 14.8 Å². The molecule has 8 nitrogen and oxygen atoms in total. The molecule has 2 fully saturated rings. The standard InChI is InChI=1S/C23H27N5O3/c1-15-13-20(23-26-25-22(31-23)17-3-4-17)16(2)28(15)14-21(29)24-18-5-7-19(8-6-18)27-9-11-30-12-10-27/h5-8,13,17H,3-4,9-12,14H2,1-2H3,(H,24,29). The number of amides is 1. The van der Waals surface area contributed by atoms with Crippen molar-refractivity contribution in [1.29, 1.82) is 0 Å². The van der Waals surface area contributed by atoms with Gasteiger partial charge in [0, 0.05) is 41.8 Å². The Hall–Kier alpha value is -3.13. The molecule has 0 bridgehead atoms. The zero-order valence-electron chi connectivity index (χ0n) is 17.9. The predicted molar refractivity (Wildman–Crippen MR) is 117 cm³/mol. The van der Waals surface area contributed by atoms with Crippen LogP contribution in [-0.2, 0) is 16.1 Å². The van der Waals surface area contributed by atoms with Crippen LogP contribution < -0.4 is 10.2 Å². The highest BCUT2D eigenvalue weighted by molar-refractivity contribution is 5.91. The molecule has 2 aliphatic rings. The summed E-state index contributed by atoms with van der Waals surface area (Å²) in [6, 6.07) is 9.98. The van der Waals surface area contributed by atoms with E-state index in [0.29, 0.717) is 11.8 Å². The first-order valence-electron chi connectivity index (χ1n) is 10.8. The molecule has 5 rings (SSSR count). The molecule has 1 amide bonds. The Bertz CT molecular complexity index is 1080. The van der Waals surface area contributed by atoms with Gasteiger partial charge in [0.15, 0.2) is 0 Å². The van der Waals surface area contributed by atoms with Gasteiger partial charge in [0.1, 0.15) is 6.54 Å². The van der Waals surface area contributed by atoms with E-state index < -0.39 is 0 Å². The average molecular weight is 422 g/mol. The van der Waals surface area contributed by atoms with E-state index in [9.17, 15) is 4.79 Å². The summed E-state index contributed by atoms with van der Waals surface area (Å²) in [5, 5.41) is 11.4. The Balaban J connectivity index is 1.25. The number of aryl methyl sites for hydroxylation is 1. The summed E-state index contributed by atoms with van der Waals surface area (Å²) in [6.45, 7) is 7.48. The van der Waals surface area contributed by atoms with Crippen molar-refractivity contribution in [3.05, 3.63) is 47.6 Å². The van der Waals surface area contributed by atoms with Crippen LogP contribution in [0.25, 0.3) is 11.5 Å². The van der Waals surface area contributed by atoms with Crippen molar-refractivity contribution in [2.24, 2.45) is 0 Å². The lowest BCUT2D eigenvalue weighted by Gasteiger charge is -2.28. The third-order valence-electron chi connectivity index (χ3n) is 6.00. The largest absolute Gasteiger partial charge is 0.420 e. The zero-order valence-corrected chi connectivity index (χ0v) is 17.9. The molecular weight excluding hydrogens is 394 g/mol. The summed E-state index contributed by atoms with van der Waals surface area (Å²) in [5.41, 5.74) is 4.75. The SMILES string of the molecule is Cc1cc(-c2nnc(C3CC3)o2)c(C)n1CC(=O)Nc1ccc(N2CCOCC2)cc1. The maximum absolute atomic E-state index is 12.7. The number of carbonyl (C=O) groups is 1. The van der Waals surface area contributed by atoms with Crippen LogP contribution in [0.1, 0.15) is 36.0 Å². The van der Waals surface area contributed by atoms with E-state index in [2.05, 4.69) is 20.4 Å². The fourth-order valence-corrected chi connectivity index (χ4v) is 4.02. The minimum absolute atomic E-state index is 0.0725. The summed E-state index contributed by atoms with van der Waals surface area (Å²) in [7, 11) is 0. The highest BCUT2D eigenvalue weighted by Gasteiger charge is 2.30. The minimum atomic E-state index is -0.0725. The van der Waals surface area contributed by atoms with Gasteiger partial charge in [0.05, 0.1) is 18.8 Å². The molecule has 3 heterocycles. The third kappa shape index (κ3) is 4.20. The Morgan fingerprint density at radius 2 is 1.87 bits per heavy atom. The maximum atomic E-state index is 12.7. The summed E-state index contributed by atoms with van der Waals surface area (Å²) in [4.78, 5) is 15.0. The summed E-state index contributed by atoms with van der Waals surface area (Å²) < 4.78 is 13.2. The van der Waals surface area contributed by atoms with Crippen LogP contribution in [0.3, 0.4) is 0 Å². The number of aromatic nitrogens is 3. The summed E-state index contributed by atoms with van der Waals surface area (Å²) in [6.07, 6.45) is 2.24. The van der Waals surface area contributed by atoms with E-state index in [1.807, 2.05) is 48.7 Å².